The van der Waals surface area contributed by atoms with Gasteiger partial charge in [-0.05, 0) is 13.3 Å². The van der Waals surface area contributed by atoms with E-state index in [1.54, 1.807) is 6.92 Å². The minimum atomic E-state index is -0.659. The Labute approximate surface area is 126 Å². The van der Waals surface area contributed by atoms with Crippen LogP contribution in [-0.4, -0.2) is 49.1 Å². The molecule has 0 aromatic carbocycles. The fourth-order valence-corrected chi connectivity index (χ4v) is 1.62. The lowest BCUT2D eigenvalue weighted by Crippen LogP contribution is -2.41. The Morgan fingerprint density at radius 2 is 1.75 bits per heavy atom. The molecule has 5 nitrogen and oxygen atoms in total. The lowest BCUT2D eigenvalue weighted by molar-refractivity contribution is -0.148. The van der Waals surface area contributed by atoms with Gasteiger partial charge in [0.15, 0.2) is 0 Å². The highest BCUT2D eigenvalue weighted by molar-refractivity contribution is 6.18. The molecule has 0 bridgehead atoms. The predicted octanol–water partition coefficient (Wildman–Crippen LogP) is 3.20. The van der Waals surface area contributed by atoms with Crippen molar-refractivity contribution < 1.29 is 19.1 Å². The van der Waals surface area contributed by atoms with Crippen molar-refractivity contribution in [3.8, 4) is 0 Å². The summed E-state index contributed by atoms with van der Waals surface area (Å²) >= 11 is 5.43. The van der Waals surface area contributed by atoms with Crippen LogP contribution in [0.4, 0.5) is 4.79 Å². The fraction of sp³-hybridized carbons (Fsp3) is 0.857. The molecule has 1 unspecified atom stereocenters. The highest BCUT2D eigenvalue weighted by atomic mass is 35.5. The van der Waals surface area contributed by atoms with Crippen molar-refractivity contribution in [3.05, 3.63) is 0 Å². The third-order valence-electron chi connectivity index (χ3n) is 3.00. The maximum absolute atomic E-state index is 11.8. The number of likely N-dealkylation sites (N-methyl/N-ethyl adjacent to an activating group) is 1. The molecule has 0 N–H and O–H groups in total. The second-order valence-corrected chi connectivity index (χ2v) is 5.05. The first-order chi connectivity index (χ1) is 9.54. The Hall–Kier alpha value is -0.970. The van der Waals surface area contributed by atoms with Gasteiger partial charge in [0.1, 0.15) is 12.6 Å². The zero-order chi connectivity index (χ0) is 15.4. The van der Waals surface area contributed by atoms with Crippen LogP contribution in [-0.2, 0) is 14.3 Å². The Kier molecular flexibility index (Phi) is 11.3. The third kappa shape index (κ3) is 8.25. The summed E-state index contributed by atoms with van der Waals surface area (Å²) in [6.07, 6.45) is 4.90. The molecule has 0 aliphatic carbocycles. The molecule has 0 aliphatic rings. The number of ether oxygens (including phenoxy) is 2. The van der Waals surface area contributed by atoms with Gasteiger partial charge in [0, 0.05) is 7.05 Å². The Balaban J connectivity index is 3.86. The quantitative estimate of drug-likeness (QED) is 0.353. The lowest BCUT2D eigenvalue weighted by Gasteiger charge is -2.22. The number of hydrogen-bond acceptors (Lipinski definition) is 4. The smallest absolute Gasteiger partial charge is 0.410 e. The van der Waals surface area contributed by atoms with Gasteiger partial charge in [0.05, 0.1) is 12.5 Å². The van der Waals surface area contributed by atoms with Crippen LogP contribution in [0, 0.1) is 0 Å². The van der Waals surface area contributed by atoms with E-state index in [1.165, 1.54) is 24.8 Å². The van der Waals surface area contributed by atoms with Crippen LogP contribution in [0.1, 0.15) is 46.0 Å². The molecule has 0 fully saturated rings. The largest absolute Gasteiger partial charge is 0.464 e. The van der Waals surface area contributed by atoms with Crippen molar-refractivity contribution in [1.82, 2.24) is 4.90 Å². The van der Waals surface area contributed by atoms with Crippen LogP contribution in [0.5, 0.6) is 0 Å². The molecule has 0 radical (unpaired) electrons. The highest BCUT2D eigenvalue weighted by Gasteiger charge is 2.24. The number of nitrogens with zero attached hydrogens (tertiary/aromatic N) is 1. The average Bonchev–Trinajstić information content (AvgIpc) is 2.46. The molecule has 6 heteroatoms. The van der Waals surface area contributed by atoms with Crippen molar-refractivity contribution in [1.29, 1.82) is 0 Å². The van der Waals surface area contributed by atoms with Crippen LogP contribution >= 0.6 is 11.6 Å². The lowest BCUT2D eigenvalue weighted by atomic mass is 10.2. The van der Waals surface area contributed by atoms with Crippen LogP contribution in [0.15, 0.2) is 0 Å². The first-order valence-electron chi connectivity index (χ1n) is 7.16. The van der Waals surface area contributed by atoms with E-state index >= 15 is 0 Å². The van der Waals surface area contributed by atoms with E-state index in [9.17, 15) is 9.59 Å². The first kappa shape index (κ1) is 19.0. The summed E-state index contributed by atoms with van der Waals surface area (Å²) in [4.78, 5) is 24.5. The average molecular weight is 308 g/mol. The molecule has 0 aromatic rings. The zero-order valence-corrected chi connectivity index (χ0v) is 13.4. The summed E-state index contributed by atoms with van der Waals surface area (Å²) in [7, 11) is 1.50. The molecular weight excluding hydrogens is 282 g/mol. The first-order valence-corrected chi connectivity index (χ1v) is 7.70. The van der Waals surface area contributed by atoms with Crippen molar-refractivity contribution in [2.75, 3.05) is 26.1 Å². The SMILES string of the molecule is CCCCCCCOC(=O)C(C)N(C)C(=O)OCCCl. The Morgan fingerprint density at radius 3 is 2.35 bits per heavy atom. The van der Waals surface area contributed by atoms with Gasteiger partial charge in [-0.1, -0.05) is 32.6 Å². The fourth-order valence-electron chi connectivity index (χ4n) is 1.54. The van der Waals surface area contributed by atoms with Crippen molar-refractivity contribution in [2.24, 2.45) is 0 Å². The number of rotatable bonds is 10. The molecule has 0 aromatic heterocycles. The monoisotopic (exact) mass is 307 g/mol. The number of hydrogen-bond donors (Lipinski definition) is 0. The normalized spacial score (nSPS) is 11.8. The molecule has 0 heterocycles. The Morgan fingerprint density at radius 1 is 1.10 bits per heavy atom. The van der Waals surface area contributed by atoms with E-state index in [0.29, 0.717) is 6.61 Å². The van der Waals surface area contributed by atoms with Gasteiger partial charge in [0.2, 0.25) is 0 Å². The van der Waals surface area contributed by atoms with E-state index < -0.39 is 18.1 Å². The molecule has 20 heavy (non-hydrogen) atoms. The van der Waals surface area contributed by atoms with Gasteiger partial charge in [-0.3, -0.25) is 4.90 Å². The maximum Gasteiger partial charge on any atom is 0.410 e. The number of carbonyl (C=O) groups is 2. The minimum absolute atomic E-state index is 0.129. The van der Waals surface area contributed by atoms with Crippen LogP contribution < -0.4 is 0 Å². The van der Waals surface area contributed by atoms with Gasteiger partial charge >= 0.3 is 12.1 Å². The van der Waals surface area contributed by atoms with E-state index in [4.69, 9.17) is 21.1 Å². The summed E-state index contributed by atoms with van der Waals surface area (Å²) in [6.45, 7) is 4.30. The molecule has 0 aliphatic heterocycles. The van der Waals surface area contributed by atoms with E-state index in [1.807, 2.05) is 0 Å². The van der Waals surface area contributed by atoms with Gasteiger partial charge < -0.3 is 9.47 Å². The number of halogens is 1. The summed E-state index contributed by atoms with van der Waals surface area (Å²) in [5, 5.41) is 0. The second-order valence-electron chi connectivity index (χ2n) is 4.67. The van der Waals surface area contributed by atoms with Gasteiger partial charge in [0.25, 0.3) is 0 Å². The molecule has 1 atom stereocenters. The predicted molar refractivity (Wildman–Crippen MR) is 79.0 cm³/mol. The molecule has 1 amide bonds. The molecule has 0 rings (SSSR count). The second kappa shape index (κ2) is 11.8. The number of esters is 1. The standard InChI is InChI=1S/C14H26ClNO4/c1-4-5-6-7-8-10-19-13(17)12(2)16(3)14(18)20-11-9-15/h12H,4-11H2,1-3H3. The topological polar surface area (TPSA) is 55.8 Å². The molecular formula is C14H26ClNO4. The van der Waals surface area contributed by atoms with E-state index in [2.05, 4.69) is 6.92 Å². The number of amides is 1. The molecule has 0 saturated carbocycles. The summed E-state index contributed by atoms with van der Waals surface area (Å²) in [5.41, 5.74) is 0. The van der Waals surface area contributed by atoms with E-state index in [-0.39, 0.29) is 12.5 Å². The van der Waals surface area contributed by atoms with Crippen molar-refractivity contribution in [2.45, 2.75) is 52.0 Å². The van der Waals surface area contributed by atoms with Gasteiger partial charge in [-0.2, -0.15) is 0 Å². The zero-order valence-electron chi connectivity index (χ0n) is 12.7. The van der Waals surface area contributed by atoms with Gasteiger partial charge in [-0.25, -0.2) is 9.59 Å². The van der Waals surface area contributed by atoms with Crippen LogP contribution in [0.25, 0.3) is 0 Å². The van der Waals surface area contributed by atoms with Crippen LogP contribution in [0.2, 0.25) is 0 Å². The molecule has 0 spiro atoms. The summed E-state index contributed by atoms with van der Waals surface area (Å²) in [6, 6.07) is -0.659. The summed E-state index contributed by atoms with van der Waals surface area (Å²) in [5.74, 6) is -0.179. The van der Waals surface area contributed by atoms with E-state index in [0.717, 1.165) is 19.3 Å². The van der Waals surface area contributed by atoms with Crippen molar-refractivity contribution >= 4 is 23.7 Å². The Bertz CT molecular complexity index is 286. The summed E-state index contributed by atoms with van der Waals surface area (Å²) < 4.78 is 9.99. The number of carbonyl (C=O) groups excluding carboxylic acids is 2. The number of unbranched alkanes of at least 4 members (excludes halogenated alkanes) is 4. The minimum Gasteiger partial charge on any atom is -0.464 e. The van der Waals surface area contributed by atoms with Crippen LogP contribution in [0.3, 0.4) is 0 Å². The maximum atomic E-state index is 11.8. The van der Waals surface area contributed by atoms with Gasteiger partial charge in [-0.15, -0.1) is 11.6 Å². The third-order valence-corrected chi connectivity index (χ3v) is 3.16. The highest BCUT2D eigenvalue weighted by Crippen LogP contribution is 2.05. The molecule has 118 valence electrons. The number of alkyl halides is 1. The van der Waals surface area contributed by atoms with Crippen molar-refractivity contribution in [3.63, 3.8) is 0 Å². The molecule has 0 saturated heterocycles.